The molecular formula is C23H29N3O3. The second kappa shape index (κ2) is 10.7. The van der Waals surface area contributed by atoms with Crippen molar-refractivity contribution >= 4 is 22.4 Å². The quantitative estimate of drug-likeness (QED) is 0.483. The third-order valence-electron chi connectivity index (χ3n) is 4.83. The van der Waals surface area contributed by atoms with Gasteiger partial charge in [-0.1, -0.05) is 25.0 Å². The van der Waals surface area contributed by atoms with Crippen LogP contribution in [-0.4, -0.2) is 42.4 Å². The normalized spacial score (nSPS) is 11.0. The van der Waals surface area contributed by atoms with Crippen molar-refractivity contribution in [2.45, 2.75) is 32.3 Å². The summed E-state index contributed by atoms with van der Waals surface area (Å²) >= 11 is 0. The zero-order chi connectivity index (χ0) is 20.5. The third-order valence-corrected chi connectivity index (χ3v) is 4.83. The van der Waals surface area contributed by atoms with E-state index in [4.69, 9.17) is 19.6 Å². The van der Waals surface area contributed by atoms with Crippen LogP contribution in [0, 0.1) is 0 Å². The smallest absolute Gasteiger partial charge is 0.157 e. The molecule has 0 bridgehead atoms. The number of methoxy groups -OCH3 is 1. The summed E-state index contributed by atoms with van der Waals surface area (Å²) in [5.74, 6) is 2.35. The topological polar surface area (TPSA) is 67.7 Å². The van der Waals surface area contributed by atoms with Gasteiger partial charge in [0.15, 0.2) is 5.82 Å². The van der Waals surface area contributed by atoms with Crippen molar-refractivity contribution in [2.75, 3.05) is 32.3 Å². The molecule has 154 valence electrons. The molecule has 3 aromatic rings. The molecule has 0 saturated heterocycles. The first-order valence-electron chi connectivity index (χ1n) is 10.0. The molecule has 0 spiro atoms. The molecule has 1 N–H and O–H groups in total. The van der Waals surface area contributed by atoms with Crippen LogP contribution in [0.1, 0.15) is 31.5 Å². The number of benzene rings is 2. The Labute approximate surface area is 172 Å². The highest BCUT2D eigenvalue weighted by Crippen LogP contribution is 2.29. The Hall–Kier alpha value is -2.70. The first-order valence-corrected chi connectivity index (χ1v) is 10.0. The van der Waals surface area contributed by atoms with E-state index in [1.165, 1.54) is 0 Å². The van der Waals surface area contributed by atoms with Crippen LogP contribution in [0.15, 0.2) is 48.5 Å². The van der Waals surface area contributed by atoms with Crippen molar-refractivity contribution in [3.05, 3.63) is 54.4 Å². The number of aliphatic hydroxyl groups is 1. The minimum Gasteiger partial charge on any atom is -0.497 e. The Kier molecular flexibility index (Phi) is 7.78. The molecule has 0 amide bonds. The molecule has 6 heteroatoms. The van der Waals surface area contributed by atoms with Crippen molar-refractivity contribution in [3.8, 4) is 5.75 Å². The fourth-order valence-electron chi connectivity index (χ4n) is 3.19. The van der Waals surface area contributed by atoms with Crippen LogP contribution < -0.4 is 9.64 Å². The lowest BCUT2D eigenvalue weighted by Crippen LogP contribution is -2.14. The predicted octanol–water partition coefficient (Wildman–Crippen LogP) is 4.48. The highest BCUT2D eigenvalue weighted by atomic mass is 16.5. The van der Waals surface area contributed by atoms with E-state index in [9.17, 15) is 0 Å². The van der Waals surface area contributed by atoms with Crippen LogP contribution in [0.25, 0.3) is 10.9 Å². The number of hydrogen-bond acceptors (Lipinski definition) is 6. The maximum Gasteiger partial charge on any atom is 0.157 e. The molecule has 0 radical (unpaired) electrons. The van der Waals surface area contributed by atoms with Crippen LogP contribution in [0.2, 0.25) is 0 Å². The lowest BCUT2D eigenvalue weighted by atomic mass is 10.2. The number of aliphatic hydroxyl groups excluding tert-OH is 1. The molecule has 2 aromatic carbocycles. The number of unbranched alkanes of at least 4 members (excludes halogenated alkanes) is 3. The van der Waals surface area contributed by atoms with Gasteiger partial charge in [0.25, 0.3) is 0 Å². The largest absolute Gasteiger partial charge is 0.497 e. The molecule has 0 fully saturated rings. The fourth-order valence-corrected chi connectivity index (χ4v) is 3.19. The number of fused-ring (bicyclic) bond motifs is 1. The van der Waals surface area contributed by atoms with Gasteiger partial charge in [0.1, 0.15) is 18.2 Å². The summed E-state index contributed by atoms with van der Waals surface area (Å²) in [5, 5.41) is 9.82. The van der Waals surface area contributed by atoms with E-state index in [0.717, 1.165) is 53.8 Å². The number of rotatable bonds is 11. The predicted molar refractivity (Wildman–Crippen MR) is 116 cm³/mol. The van der Waals surface area contributed by atoms with Gasteiger partial charge in [0.05, 0.1) is 12.6 Å². The van der Waals surface area contributed by atoms with Gasteiger partial charge < -0.3 is 19.5 Å². The van der Waals surface area contributed by atoms with E-state index in [2.05, 4.69) is 9.88 Å². The molecule has 0 atom stereocenters. The van der Waals surface area contributed by atoms with Gasteiger partial charge in [-0.05, 0) is 49.2 Å². The molecule has 1 heterocycles. The second-order valence-corrected chi connectivity index (χ2v) is 6.93. The highest BCUT2D eigenvalue weighted by Gasteiger charge is 2.13. The van der Waals surface area contributed by atoms with Crippen LogP contribution in [0.4, 0.5) is 11.5 Å². The summed E-state index contributed by atoms with van der Waals surface area (Å²) in [7, 11) is 3.66. The van der Waals surface area contributed by atoms with Crippen LogP contribution in [0.5, 0.6) is 5.75 Å². The van der Waals surface area contributed by atoms with E-state index in [1.54, 1.807) is 7.11 Å². The molecule has 3 rings (SSSR count). The minimum absolute atomic E-state index is 0.260. The molecular weight excluding hydrogens is 366 g/mol. The molecule has 29 heavy (non-hydrogen) atoms. The average Bonchev–Trinajstić information content (AvgIpc) is 2.77. The Morgan fingerprint density at radius 2 is 1.69 bits per heavy atom. The third kappa shape index (κ3) is 5.65. The number of aromatic nitrogens is 2. The average molecular weight is 396 g/mol. The van der Waals surface area contributed by atoms with Crippen LogP contribution in [-0.2, 0) is 11.3 Å². The van der Waals surface area contributed by atoms with Crippen molar-refractivity contribution in [1.82, 2.24) is 9.97 Å². The number of ether oxygens (including phenoxy) is 2. The van der Waals surface area contributed by atoms with Crippen LogP contribution >= 0.6 is 0 Å². The molecule has 0 aliphatic rings. The summed E-state index contributed by atoms with van der Waals surface area (Å²) in [6.07, 6.45) is 3.93. The number of nitrogens with zero attached hydrogens (tertiary/aromatic N) is 3. The van der Waals surface area contributed by atoms with Crippen molar-refractivity contribution < 1.29 is 14.6 Å². The summed E-state index contributed by atoms with van der Waals surface area (Å²) in [4.78, 5) is 11.5. The zero-order valence-electron chi connectivity index (χ0n) is 17.2. The zero-order valence-corrected chi connectivity index (χ0v) is 17.2. The van der Waals surface area contributed by atoms with Crippen molar-refractivity contribution in [1.29, 1.82) is 0 Å². The molecule has 0 aliphatic heterocycles. The van der Waals surface area contributed by atoms with E-state index in [-0.39, 0.29) is 6.61 Å². The van der Waals surface area contributed by atoms with E-state index >= 15 is 0 Å². The molecule has 6 nitrogen and oxygen atoms in total. The van der Waals surface area contributed by atoms with Gasteiger partial charge >= 0.3 is 0 Å². The Bertz CT molecular complexity index is 900. The summed E-state index contributed by atoms with van der Waals surface area (Å²) in [5.41, 5.74) is 1.92. The van der Waals surface area contributed by atoms with Crippen LogP contribution in [0.3, 0.4) is 0 Å². The highest BCUT2D eigenvalue weighted by molar-refractivity contribution is 5.91. The number of hydrogen-bond donors (Lipinski definition) is 1. The summed E-state index contributed by atoms with van der Waals surface area (Å²) in [6.45, 7) is 1.32. The lowest BCUT2D eigenvalue weighted by molar-refractivity contribution is 0.111. The minimum atomic E-state index is 0.260. The molecule has 1 aromatic heterocycles. The van der Waals surface area contributed by atoms with E-state index in [0.29, 0.717) is 19.0 Å². The summed E-state index contributed by atoms with van der Waals surface area (Å²) < 4.78 is 11.1. The van der Waals surface area contributed by atoms with Gasteiger partial charge in [0, 0.05) is 31.3 Å². The van der Waals surface area contributed by atoms with Gasteiger partial charge in [0.2, 0.25) is 0 Å². The van der Waals surface area contributed by atoms with Crippen molar-refractivity contribution in [3.63, 3.8) is 0 Å². The van der Waals surface area contributed by atoms with E-state index < -0.39 is 0 Å². The van der Waals surface area contributed by atoms with Gasteiger partial charge in [-0.25, -0.2) is 9.97 Å². The number of anilines is 2. The first kappa shape index (κ1) is 21.0. The standard InChI is InChI=1S/C23H29N3O3/c1-26(18-11-13-19(28-2)14-12-18)23-20-9-5-6-10-21(20)24-22(25-23)17-29-16-8-4-3-7-15-27/h5-6,9-14,27H,3-4,7-8,15-17H2,1-2H3. The van der Waals surface area contributed by atoms with Gasteiger partial charge in [-0.3, -0.25) is 0 Å². The van der Waals surface area contributed by atoms with Gasteiger partial charge in [-0.15, -0.1) is 0 Å². The molecule has 0 unspecified atom stereocenters. The number of para-hydroxylation sites is 1. The Balaban J connectivity index is 1.75. The maximum atomic E-state index is 8.83. The second-order valence-electron chi connectivity index (χ2n) is 6.93. The van der Waals surface area contributed by atoms with Crippen molar-refractivity contribution in [2.24, 2.45) is 0 Å². The van der Waals surface area contributed by atoms with E-state index in [1.807, 2.05) is 55.6 Å². The first-order chi connectivity index (χ1) is 14.2. The summed E-state index contributed by atoms with van der Waals surface area (Å²) in [6, 6.07) is 15.9. The maximum absolute atomic E-state index is 8.83. The molecule has 0 saturated carbocycles. The SMILES string of the molecule is COc1ccc(N(C)c2nc(COCCCCCCO)nc3ccccc23)cc1. The fraction of sp³-hybridized carbons (Fsp3) is 0.391. The monoisotopic (exact) mass is 395 g/mol. The lowest BCUT2D eigenvalue weighted by Gasteiger charge is -2.21. The molecule has 0 aliphatic carbocycles. The Morgan fingerprint density at radius 1 is 0.931 bits per heavy atom. The van der Waals surface area contributed by atoms with Gasteiger partial charge in [-0.2, -0.15) is 0 Å². The Morgan fingerprint density at radius 3 is 2.45 bits per heavy atom.